The van der Waals surface area contributed by atoms with Crippen molar-refractivity contribution in [3.05, 3.63) is 29.9 Å². The van der Waals surface area contributed by atoms with Crippen LogP contribution in [0.25, 0.3) is 11.1 Å². The van der Waals surface area contributed by atoms with E-state index in [4.69, 9.17) is 9.15 Å². The number of halogens is 1. The molecular formula is C31H42FNO4. The highest BCUT2D eigenvalue weighted by atomic mass is 19.1. The van der Waals surface area contributed by atoms with E-state index in [1.807, 2.05) is 7.11 Å². The maximum Gasteiger partial charge on any atom is 0.195 e. The number of methoxy groups -OCH3 is 1. The molecule has 202 valence electrons. The van der Waals surface area contributed by atoms with E-state index in [1.165, 1.54) is 31.7 Å². The molecule has 1 aromatic carbocycles. The third-order valence-corrected chi connectivity index (χ3v) is 12.4. The molecule has 0 radical (unpaired) electrons. The molecule has 11 atom stereocenters. The molecule has 5 nitrogen and oxygen atoms in total. The van der Waals surface area contributed by atoms with Crippen LogP contribution in [0.5, 0.6) is 0 Å². The van der Waals surface area contributed by atoms with Crippen LogP contribution in [0.2, 0.25) is 0 Å². The summed E-state index contributed by atoms with van der Waals surface area (Å²) in [5.41, 5.74) is 1.23. The zero-order valence-electron chi connectivity index (χ0n) is 22.2. The molecule has 1 spiro atoms. The Labute approximate surface area is 219 Å². The van der Waals surface area contributed by atoms with Crippen molar-refractivity contribution in [3.63, 3.8) is 0 Å². The summed E-state index contributed by atoms with van der Waals surface area (Å²) in [6, 6.07) is 4.90. The molecule has 0 saturated heterocycles. The fourth-order valence-corrected chi connectivity index (χ4v) is 10.9. The summed E-state index contributed by atoms with van der Waals surface area (Å²) < 4.78 is 26.4. The molecule has 1 heterocycles. The summed E-state index contributed by atoms with van der Waals surface area (Å²) in [7, 11) is 1.91. The second-order valence-electron chi connectivity index (χ2n) is 13.5. The van der Waals surface area contributed by atoms with Crippen LogP contribution in [0.4, 0.5) is 4.39 Å². The first-order chi connectivity index (χ1) is 17.8. The number of benzene rings is 1. The normalized spacial score (nSPS) is 46.9. The number of ether oxygens (including phenoxy) is 1. The highest BCUT2D eigenvalue weighted by Gasteiger charge is 2.69. The number of aliphatic hydroxyl groups excluding tert-OH is 2. The predicted octanol–water partition coefficient (Wildman–Crippen LogP) is 5.91. The van der Waals surface area contributed by atoms with E-state index in [2.05, 4.69) is 11.9 Å². The van der Waals surface area contributed by atoms with Gasteiger partial charge in [0.25, 0.3) is 0 Å². The highest BCUT2D eigenvalue weighted by molar-refractivity contribution is 5.73. The maximum absolute atomic E-state index is 14.1. The van der Waals surface area contributed by atoms with Crippen molar-refractivity contribution in [2.24, 2.45) is 46.3 Å². The number of aromatic nitrogens is 1. The van der Waals surface area contributed by atoms with E-state index < -0.39 is 0 Å². The number of hydrogen-bond acceptors (Lipinski definition) is 5. The van der Waals surface area contributed by atoms with Crippen LogP contribution < -0.4 is 0 Å². The summed E-state index contributed by atoms with van der Waals surface area (Å²) in [4.78, 5) is 4.47. The van der Waals surface area contributed by atoms with Gasteiger partial charge in [0.05, 0.1) is 18.3 Å². The summed E-state index contributed by atoms with van der Waals surface area (Å²) in [6.07, 6.45) is 11.0. The van der Waals surface area contributed by atoms with Gasteiger partial charge in [0.2, 0.25) is 0 Å². The first-order valence-corrected chi connectivity index (χ1v) is 14.8. The molecule has 0 aliphatic heterocycles. The van der Waals surface area contributed by atoms with Crippen LogP contribution in [0.1, 0.15) is 77.0 Å². The van der Waals surface area contributed by atoms with Gasteiger partial charge in [-0.15, -0.1) is 0 Å². The molecule has 5 fully saturated rings. The summed E-state index contributed by atoms with van der Waals surface area (Å²) in [6.45, 7) is 2.46. The summed E-state index contributed by atoms with van der Waals surface area (Å²) >= 11 is 0. The Balaban J connectivity index is 1.14. The number of hydrogen-bond donors (Lipinski definition) is 2. The van der Waals surface area contributed by atoms with Crippen LogP contribution in [-0.2, 0) is 11.2 Å². The van der Waals surface area contributed by atoms with Gasteiger partial charge in [-0.05, 0) is 117 Å². The van der Waals surface area contributed by atoms with Crippen molar-refractivity contribution in [3.8, 4) is 0 Å². The average Bonchev–Trinajstić information content (AvgIpc) is 3.56. The first kappa shape index (κ1) is 24.5. The minimum atomic E-state index is -0.319. The van der Waals surface area contributed by atoms with Crippen LogP contribution in [0, 0.1) is 52.2 Å². The Bertz CT molecular complexity index is 1170. The minimum absolute atomic E-state index is 0.159. The molecule has 1 aromatic heterocycles. The number of para-hydroxylation sites is 1. The fourth-order valence-electron chi connectivity index (χ4n) is 10.9. The molecular weight excluding hydrogens is 469 g/mol. The van der Waals surface area contributed by atoms with Gasteiger partial charge in [-0.3, -0.25) is 0 Å². The van der Waals surface area contributed by atoms with Crippen LogP contribution in [-0.4, -0.2) is 40.6 Å². The summed E-state index contributed by atoms with van der Waals surface area (Å²) in [5, 5.41) is 22.0. The largest absolute Gasteiger partial charge is 0.441 e. The van der Waals surface area contributed by atoms with E-state index in [9.17, 15) is 14.6 Å². The molecule has 1 unspecified atom stereocenters. The van der Waals surface area contributed by atoms with Crippen molar-refractivity contribution < 1.29 is 23.8 Å². The van der Waals surface area contributed by atoms with Gasteiger partial charge in [0.1, 0.15) is 5.52 Å². The molecule has 2 N–H and O–H groups in total. The van der Waals surface area contributed by atoms with Crippen LogP contribution in [0.3, 0.4) is 0 Å². The van der Waals surface area contributed by atoms with Gasteiger partial charge in [0.15, 0.2) is 17.3 Å². The van der Waals surface area contributed by atoms with Crippen molar-refractivity contribution >= 4 is 11.1 Å². The fraction of sp³-hybridized carbons (Fsp3) is 0.774. The lowest BCUT2D eigenvalue weighted by Gasteiger charge is -2.64. The topological polar surface area (TPSA) is 75.7 Å². The lowest BCUT2D eigenvalue weighted by Crippen LogP contribution is -2.62. The van der Waals surface area contributed by atoms with Gasteiger partial charge in [-0.1, -0.05) is 13.0 Å². The van der Waals surface area contributed by atoms with Gasteiger partial charge >= 0.3 is 0 Å². The average molecular weight is 512 g/mol. The van der Waals surface area contributed by atoms with E-state index >= 15 is 0 Å². The monoisotopic (exact) mass is 511 g/mol. The van der Waals surface area contributed by atoms with Gasteiger partial charge < -0.3 is 19.4 Å². The zero-order valence-corrected chi connectivity index (χ0v) is 22.2. The molecule has 5 aliphatic rings. The predicted molar refractivity (Wildman–Crippen MR) is 138 cm³/mol. The van der Waals surface area contributed by atoms with Crippen LogP contribution >= 0.6 is 0 Å². The minimum Gasteiger partial charge on any atom is -0.441 e. The second-order valence-corrected chi connectivity index (χ2v) is 13.5. The van der Waals surface area contributed by atoms with Crippen LogP contribution in [0.15, 0.2) is 22.6 Å². The molecule has 5 aliphatic carbocycles. The third-order valence-electron chi connectivity index (χ3n) is 12.4. The number of oxazole rings is 1. The Morgan fingerprint density at radius 2 is 1.89 bits per heavy atom. The first-order valence-electron chi connectivity index (χ1n) is 14.8. The van der Waals surface area contributed by atoms with Crippen molar-refractivity contribution in [2.75, 3.05) is 7.11 Å². The third kappa shape index (κ3) is 3.47. The van der Waals surface area contributed by atoms with Gasteiger partial charge in [-0.2, -0.15) is 0 Å². The number of aryl methyl sites for hydroxylation is 1. The second kappa shape index (κ2) is 8.76. The number of rotatable bonds is 4. The Morgan fingerprint density at radius 3 is 2.70 bits per heavy atom. The van der Waals surface area contributed by atoms with Crippen molar-refractivity contribution in [2.45, 2.75) is 95.9 Å². The Hall–Kier alpha value is -1.50. The van der Waals surface area contributed by atoms with Crippen molar-refractivity contribution in [1.82, 2.24) is 4.98 Å². The molecule has 0 amide bonds. The SMILES string of the molecule is CO[C@H]1C[C@H]2[C@@H]([C@H](O)C[C@@H]3C[C@H](O)CC[C@@]32C)[C@@H]2CC[C@@H]3C(CCc4nc5c(F)cccc5o4)CC[C@@]132. The molecule has 37 heavy (non-hydrogen) atoms. The van der Waals surface area contributed by atoms with E-state index in [0.717, 1.165) is 44.9 Å². The maximum atomic E-state index is 14.1. The lowest BCUT2D eigenvalue weighted by atomic mass is 9.43. The standard InChI is InChI=1S/C31H42FNO4/c1-30-12-11-19(34)14-18(30)15-24(35)28-21-8-7-20-17(10-13-31(20,21)26(36-2)16-22(28)30)6-9-27-33-29-23(32)4-3-5-25(29)37-27/h3-5,17-22,24,26,28,34-35H,6-16H2,1-2H3/t17?,18-,19+,20+,21-,22-,24+,26-,28-,30-,31+/m0/s1. The summed E-state index contributed by atoms with van der Waals surface area (Å²) in [5.74, 6) is 3.28. The number of nitrogens with zero attached hydrogens (tertiary/aromatic N) is 1. The smallest absolute Gasteiger partial charge is 0.195 e. The zero-order chi connectivity index (χ0) is 25.5. The molecule has 6 heteroatoms. The molecule has 7 rings (SSSR count). The number of fused-ring (bicyclic) bond motifs is 5. The number of aliphatic hydroxyl groups is 2. The van der Waals surface area contributed by atoms with E-state index in [1.54, 1.807) is 12.1 Å². The molecule has 2 aromatic rings. The quantitative estimate of drug-likeness (QED) is 0.534. The lowest BCUT2D eigenvalue weighted by molar-refractivity contribution is -0.211. The molecule has 0 bridgehead atoms. The Morgan fingerprint density at radius 1 is 1.05 bits per heavy atom. The van der Waals surface area contributed by atoms with Gasteiger partial charge in [-0.25, -0.2) is 9.37 Å². The van der Waals surface area contributed by atoms with Gasteiger partial charge in [0, 0.05) is 18.9 Å². The van der Waals surface area contributed by atoms with E-state index in [-0.39, 0.29) is 35.0 Å². The van der Waals surface area contributed by atoms with E-state index in [0.29, 0.717) is 52.5 Å². The van der Waals surface area contributed by atoms with Crippen molar-refractivity contribution in [1.29, 1.82) is 0 Å². The molecule has 5 saturated carbocycles. The Kier molecular flexibility index (Phi) is 5.81. The highest BCUT2D eigenvalue weighted by Crippen LogP contribution is 2.72.